The zero-order chi connectivity index (χ0) is 22.8. The summed E-state index contributed by atoms with van der Waals surface area (Å²) in [5.41, 5.74) is 1.39. The lowest BCUT2D eigenvalue weighted by molar-refractivity contribution is 0.145. The second-order valence-corrected chi connectivity index (χ2v) is 7.65. The minimum absolute atomic E-state index is 0.250. The quantitative estimate of drug-likeness (QED) is 0.314. The average Bonchev–Trinajstić information content (AvgIpc) is 2.81. The lowest BCUT2D eigenvalue weighted by Crippen LogP contribution is -2.39. The number of rotatable bonds is 9. The van der Waals surface area contributed by atoms with Gasteiger partial charge in [-0.15, -0.1) is 0 Å². The van der Waals surface area contributed by atoms with Crippen LogP contribution < -0.4 is 25.0 Å². The molecule has 3 rings (SSSR count). The Balaban J connectivity index is 1.49. The standard InChI is InChI=1S/C24H33FN4O3/c1-3-26-24(27-12-15-32-21-7-5-20(31-2)6-8-21)28-17-18-4-9-23(22(25)16-18)29-13-10-19(30)11-14-29/h4-9,16,19,30H,3,10-15,17H2,1-2H3,(H2,26,27,28). The van der Waals surface area contributed by atoms with Crippen LogP contribution in [0.5, 0.6) is 11.5 Å². The van der Waals surface area contributed by atoms with Crippen molar-refractivity contribution in [1.29, 1.82) is 0 Å². The van der Waals surface area contributed by atoms with Crippen LogP contribution in [0, 0.1) is 5.82 Å². The first-order valence-corrected chi connectivity index (χ1v) is 11.1. The number of halogens is 1. The first kappa shape index (κ1) is 23.7. The average molecular weight is 445 g/mol. The van der Waals surface area contributed by atoms with E-state index in [4.69, 9.17) is 9.47 Å². The molecule has 0 unspecified atom stereocenters. The van der Waals surface area contributed by atoms with E-state index in [2.05, 4.69) is 15.6 Å². The Morgan fingerprint density at radius 2 is 1.84 bits per heavy atom. The van der Waals surface area contributed by atoms with Gasteiger partial charge in [0.05, 0.1) is 32.0 Å². The number of guanidine groups is 1. The number of aliphatic imine (C=N–C) groups is 1. The maximum atomic E-state index is 14.7. The molecule has 0 saturated carbocycles. The largest absolute Gasteiger partial charge is 0.497 e. The molecular formula is C24H33FN4O3. The van der Waals surface area contributed by atoms with Gasteiger partial charge in [0.2, 0.25) is 0 Å². The Labute approximate surface area is 189 Å². The van der Waals surface area contributed by atoms with Gasteiger partial charge in [-0.3, -0.25) is 0 Å². The SMILES string of the molecule is CCNC(=NCc1ccc(N2CCC(O)CC2)c(F)c1)NCCOc1ccc(OC)cc1. The Morgan fingerprint density at radius 1 is 1.12 bits per heavy atom. The van der Waals surface area contributed by atoms with Crippen molar-refractivity contribution in [2.75, 3.05) is 44.8 Å². The monoisotopic (exact) mass is 444 g/mol. The number of methoxy groups -OCH3 is 1. The highest BCUT2D eigenvalue weighted by molar-refractivity contribution is 5.79. The summed E-state index contributed by atoms with van der Waals surface area (Å²) in [7, 11) is 1.63. The summed E-state index contributed by atoms with van der Waals surface area (Å²) in [5, 5.41) is 16.1. The fraction of sp³-hybridized carbons (Fsp3) is 0.458. The highest BCUT2D eigenvalue weighted by Crippen LogP contribution is 2.24. The van der Waals surface area contributed by atoms with Crippen molar-refractivity contribution in [3.8, 4) is 11.5 Å². The van der Waals surface area contributed by atoms with E-state index in [-0.39, 0.29) is 11.9 Å². The number of nitrogens with one attached hydrogen (secondary N) is 2. The molecule has 174 valence electrons. The van der Waals surface area contributed by atoms with Crippen LogP contribution in [-0.2, 0) is 6.54 Å². The molecule has 0 amide bonds. The second-order valence-electron chi connectivity index (χ2n) is 7.65. The zero-order valence-electron chi connectivity index (χ0n) is 18.8. The highest BCUT2D eigenvalue weighted by Gasteiger charge is 2.19. The molecule has 0 spiro atoms. The molecule has 1 saturated heterocycles. The van der Waals surface area contributed by atoms with Crippen LogP contribution in [0.4, 0.5) is 10.1 Å². The molecule has 1 aliphatic heterocycles. The van der Waals surface area contributed by atoms with Gasteiger partial charge in [-0.2, -0.15) is 0 Å². The molecule has 3 N–H and O–H groups in total. The number of aliphatic hydroxyl groups is 1. The molecule has 32 heavy (non-hydrogen) atoms. The third-order valence-electron chi connectivity index (χ3n) is 5.30. The van der Waals surface area contributed by atoms with Crippen molar-refractivity contribution < 1.29 is 19.0 Å². The van der Waals surface area contributed by atoms with E-state index in [1.165, 1.54) is 0 Å². The highest BCUT2D eigenvalue weighted by atomic mass is 19.1. The summed E-state index contributed by atoms with van der Waals surface area (Å²) in [4.78, 5) is 6.54. The second kappa shape index (κ2) is 12.1. The van der Waals surface area contributed by atoms with Crippen LogP contribution in [0.2, 0.25) is 0 Å². The van der Waals surface area contributed by atoms with Crippen molar-refractivity contribution in [1.82, 2.24) is 10.6 Å². The molecule has 1 fully saturated rings. The van der Waals surface area contributed by atoms with Crippen molar-refractivity contribution in [3.05, 3.63) is 53.8 Å². The van der Waals surface area contributed by atoms with Gasteiger partial charge in [0.1, 0.15) is 23.9 Å². The van der Waals surface area contributed by atoms with Gasteiger partial charge in [-0.1, -0.05) is 6.07 Å². The Morgan fingerprint density at radius 3 is 2.50 bits per heavy atom. The number of anilines is 1. The molecule has 1 aliphatic rings. The smallest absolute Gasteiger partial charge is 0.191 e. The molecule has 0 radical (unpaired) electrons. The predicted octanol–water partition coefficient (Wildman–Crippen LogP) is 2.93. The van der Waals surface area contributed by atoms with E-state index in [9.17, 15) is 9.50 Å². The minimum Gasteiger partial charge on any atom is -0.497 e. The number of aliphatic hydroxyl groups excluding tert-OH is 1. The van der Waals surface area contributed by atoms with E-state index in [1.807, 2.05) is 42.2 Å². The van der Waals surface area contributed by atoms with Crippen molar-refractivity contribution in [2.24, 2.45) is 4.99 Å². The van der Waals surface area contributed by atoms with Crippen LogP contribution in [0.1, 0.15) is 25.3 Å². The molecule has 2 aromatic rings. The Kier molecular flexibility index (Phi) is 8.98. The van der Waals surface area contributed by atoms with E-state index < -0.39 is 0 Å². The minimum atomic E-state index is -0.276. The van der Waals surface area contributed by atoms with Crippen LogP contribution in [0.25, 0.3) is 0 Å². The molecule has 2 aromatic carbocycles. The fourth-order valence-corrected chi connectivity index (χ4v) is 3.53. The number of hydrogen-bond acceptors (Lipinski definition) is 5. The number of piperidine rings is 1. The third-order valence-corrected chi connectivity index (χ3v) is 5.30. The van der Waals surface area contributed by atoms with E-state index in [1.54, 1.807) is 19.2 Å². The summed E-state index contributed by atoms with van der Waals surface area (Å²) in [6, 6.07) is 12.7. The lowest BCUT2D eigenvalue weighted by Gasteiger charge is -2.31. The molecule has 0 atom stereocenters. The summed E-state index contributed by atoms with van der Waals surface area (Å²) in [6.45, 7) is 5.47. The van der Waals surface area contributed by atoms with Crippen molar-refractivity contribution >= 4 is 11.6 Å². The van der Waals surface area contributed by atoms with Gasteiger partial charge in [0.15, 0.2) is 5.96 Å². The number of nitrogens with zero attached hydrogens (tertiary/aromatic N) is 2. The van der Waals surface area contributed by atoms with Gasteiger partial charge in [0.25, 0.3) is 0 Å². The van der Waals surface area contributed by atoms with Gasteiger partial charge < -0.3 is 30.1 Å². The summed E-state index contributed by atoms with van der Waals surface area (Å²) in [6.07, 6.45) is 1.07. The van der Waals surface area contributed by atoms with Crippen molar-refractivity contribution in [3.63, 3.8) is 0 Å². The van der Waals surface area contributed by atoms with E-state index >= 15 is 0 Å². The normalized spacial score (nSPS) is 14.9. The third kappa shape index (κ3) is 7.02. The Hall–Kier alpha value is -3.00. The van der Waals surface area contributed by atoms with Gasteiger partial charge in [-0.25, -0.2) is 9.38 Å². The Bertz CT molecular complexity index is 868. The van der Waals surface area contributed by atoms with Crippen molar-refractivity contribution in [2.45, 2.75) is 32.4 Å². The fourth-order valence-electron chi connectivity index (χ4n) is 3.53. The molecule has 7 nitrogen and oxygen atoms in total. The number of hydrogen-bond donors (Lipinski definition) is 3. The molecule has 1 heterocycles. The van der Waals surface area contributed by atoms with E-state index in [0.29, 0.717) is 57.3 Å². The van der Waals surface area contributed by atoms with Gasteiger partial charge in [0, 0.05) is 19.6 Å². The molecule has 0 aromatic heterocycles. The van der Waals surface area contributed by atoms with Crippen LogP contribution in [0.15, 0.2) is 47.5 Å². The maximum absolute atomic E-state index is 14.7. The summed E-state index contributed by atoms with van der Waals surface area (Å²) in [5.74, 6) is 1.96. The molecule has 0 bridgehead atoms. The number of ether oxygens (including phenoxy) is 2. The maximum Gasteiger partial charge on any atom is 0.191 e. The zero-order valence-corrected chi connectivity index (χ0v) is 18.8. The predicted molar refractivity (Wildman–Crippen MR) is 125 cm³/mol. The number of benzene rings is 2. The van der Waals surface area contributed by atoms with Gasteiger partial charge in [-0.05, 0) is 61.7 Å². The van der Waals surface area contributed by atoms with Crippen LogP contribution >= 0.6 is 0 Å². The first-order valence-electron chi connectivity index (χ1n) is 11.1. The molecular weight excluding hydrogens is 411 g/mol. The van der Waals surface area contributed by atoms with Crippen LogP contribution in [-0.4, -0.2) is 57.1 Å². The molecule has 0 aliphatic carbocycles. The van der Waals surface area contributed by atoms with Gasteiger partial charge >= 0.3 is 0 Å². The van der Waals surface area contributed by atoms with Crippen LogP contribution in [0.3, 0.4) is 0 Å². The summed E-state index contributed by atoms with van der Waals surface area (Å²) >= 11 is 0. The topological polar surface area (TPSA) is 78.4 Å². The molecule has 8 heteroatoms. The van der Waals surface area contributed by atoms with E-state index in [0.717, 1.165) is 23.6 Å². The first-order chi connectivity index (χ1) is 15.6. The lowest BCUT2D eigenvalue weighted by atomic mass is 10.1. The summed E-state index contributed by atoms with van der Waals surface area (Å²) < 4.78 is 25.5.